The van der Waals surface area contributed by atoms with Gasteiger partial charge in [0.2, 0.25) is 5.91 Å². The number of nitrogens with zero attached hydrogens (tertiary/aromatic N) is 1. The molecule has 130 valence electrons. The van der Waals surface area contributed by atoms with E-state index in [1.165, 1.54) is 0 Å². The molecule has 3 rings (SSSR count). The van der Waals surface area contributed by atoms with Gasteiger partial charge in [0.25, 0.3) is 5.91 Å². The number of carbonyl (C=O) groups excluding carboxylic acids is 2. The van der Waals surface area contributed by atoms with Gasteiger partial charge in [0, 0.05) is 32.3 Å². The summed E-state index contributed by atoms with van der Waals surface area (Å²) < 4.78 is 5.27. The Balaban J connectivity index is 1.48. The maximum atomic E-state index is 12.5. The first kappa shape index (κ1) is 17.0. The predicted octanol–water partition coefficient (Wildman–Crippen LogP) is 2.08. The van der Waals surface area contributed by atoms with E-state index in [-0.39, 0.29) is 17.7 Å². The number of carbonyl (C=O) groups is 2. The number of methoxy groups -OCH3 is 1. The highest BCUT2D eigenvalue weighted by atomic mass is 16.5. The monoisotopic (exact) mass is 330 g/mol. The van der Waals surface area contributed by atoms with Crippen LogP contribution >= 0.6 is 0 Å². The Kier molecular flexibility index (Phi) is 5.51. The molecule has 1 aliphatic heterocycles. The Morgan fingerprint density at radius 1 is 1.25 bits per heavy atom. The van der Waals surface area contributed by atoms with Crippen molar-refractivity contribution in [2.24, 2.45) is 11.8 Å². The molecule has 5 heteroatoms. The molecule has 2 amide bonds. The van der Waals surface area contributed by atoms with Crippen LogP contribution in [0.1, 0.15) is 36.0 Å². The minimum atomic E-state index is -0.0929. The lowest BCUT2D eigenvalue weighted by Gasteiger charge is -2.35. The van der Waals surface area contributed by atoms with E-state index in [2.05, 4.69) is 5.32 Å². The molecule has 1 saturated carbocycles. The third kappa shape index (κ3) is 3.96. The van der Waals surface area contributed by atoms with Gasteiger partial charge < -0.3 is 15.0 Å². The summed E-state index contributed by atoms with van der Waals surface area (Å²) >= 11 is 0. The molecular weight excluding hydrogens is 304 g/mol. The van der Waals surface area contributed by atoms with Crippen LogP contribution in [0.25, 0.3) is 0 Å². The highest BCUT2D eigenvalue weighted by Gasteiger charge is 2.32. The van der Waals surface area contributed by atoms with E-state index < -0.39 is 0 Å². The first-order chi connectivity index (χ1) is 11.7. The Hall–Kier alpha value is -1.88. The van der Waals surface area contributed by atoms with Gasteiger partial charge in [-0.15, -0.1) is 0 Å². The number of benzene rings is 1. The fraction of sp³-hybridized carbons (Fsp3) is 0.579. The summed E-state index contributed by atoms with van der Waals surface area (Å²) in [6, 6.07) is 9.29. The SMILES string of the molecule is COC1CC(CNC(=O)C2CCCN(C(=O)c3ccccc3)C2)C1. The second kappa shape index (κ2) is 7.79. The molecule has 1 aliphatic carbocycles. The van der Waals surface area contributed by atoms with E-state index in [1.807, 2.05) is 35.2 Å². The fourth-order valence-corrected chi connectivity index (χ4v) is 3.56. The van der Waals surface area contributed by atoms with Gasteiger partial charge in [-0.05, 0) is 43.7 Å². The van der Waals surface area contributed by atoms with Crippen molar-refractivity contribution < 1.29 is 14.3 Å². The standard InChI is InChI=1S/C19H26N2O3/c1-24-17-10-14(11-17)12-20-18(22)16-8-5-9-21(13-16)19(23)15-6-3-2-4-7-15/h2-4,6-7,14,16-17H,5,8-13H2,1H3,(H,20,22). The zero-order valence-corrected chi connectivity index (χ0v) is 14.2. The smallest absolute Gasteiger partial charge is 0.253 e. The molecule has 24 heavy (non-hydrogen) atoms. The number of nitrogens with one attached hydrogen (secondary N) is 1. The molecule has 0 spiro atoms. The lowest BCUT2D eigenvalue weighted by Crippen LogP contribution is -2.47. The van der Waals surface area contributed by atoms with Gasteiger partial charge >= 0.3 is 0 Å². The van der Waals surface area contributed by atoms with E-state index in [4.69, 9.17) is 4.74 Å². The molecule has 2 fully saturated rings. The molecule has 1 heterocycles. The summed E-state index contributed by atoms with van der Waals surface area (Å²) in [7, 11) is 1.74. The number of piperidine rings is 1. The number of hydrogen-bond donors (Lipinski definition) is 1. The summed E-state index contributed by atoms with van der Waals surface area (Å²) in [6.07, 6.45) is 4.16. The van der Waals surface area contributed by atoms with E-state index in [0.717, 1.165) is 38.8 Å². The molecular formula is C19H26N2O3. The summed E-state index contributed by atoms with van der Waals surface area (Å²) in [6.45, 7) is 1.97. The second-order valence-electron chi connectivity index (χ2n) is 6.90. The van der Waals surface area contributed by atoms with Gasteiger partial charge in [-0.25, -0.2) is 0 Å². The van der Waals surface area contributed by atoms with Crippen LogP contribution in [0, 0.1) is 11.8 Å². The highest BCUT2D eigenvalue weighted by molar-refractivity contribution is 5.94. The van der Waals surface area contributed by atoms with Crippen molar-refractivity contribution in [3.63, 3.8) is 0 Å². The van der Waals surface area contributed by atoms with Crippen molar-refractivity contribution in [1.82, 2.24) is 10.2 Å². The molecule has 1 atom stereocenters. The summed E-state index contributed by atoms with van der Waals surface area (Å²) in [5, 5.41) is 3.07. The number of hydrogen-bond acceptors (Lipinski definition) is 3. The minimum absolute atomic E-state index is 0.0232. The Morgan fingerprint density at radius 3 is 2.71 bits per heavy atom. The van der Waals surface area contributed by atoms with Crippen molar-refractivity contribution in [3.8, 4) is 0 Å². The van der Waals surface area contributed by atoms with Gasteiger partial charge in [-0.1, -0.05) is 18.2 Å². The largest absolute Gasteiger partial charge is 0.381 e. The van der Waals surface area contributed by atoms with Crippen LogP contribution in [0.5, 0.6) is 0 Å². The maximum Gasteiger partial charge on any atom is 0.253 e. The maximum absolute atomic E-state index is 12.5. The summed E-state index contributed by atoms with van der Waals surface area (Å²) in [5.74, 6) is 0.547. The topological polar surface area (TPSA) is 58.6 Å². The number of ether oxygens (including phenoxy) is 1. The van der Waals surface area contributed by atoms with E-state index >= 15 is 0 Å². The zero-order valence-electron chi connectivity index (χ0n) is 14.2. The van der Waals surface area contributed by atoms with E-state index in [1.54, 1.807) is 7.11 Å². The van der Waals surface area contributed by atoms with E-state index in [9.17, 15) is 9.59 Å². The Labute approximate surface area is 143 Å². The molecule has 1 saturated heterocycles. The Morgan fingerprint density at radius 2 is 2.00 bits per heavy atom. The van der Waals surface area contributed by atoms with Gasteiger partial charge in [-0.2, -0.15) is 0 Å². The highest BCUT2D eigenvalue weighted by Crippen LogP contribution is 2.29. The normalized spacial score (nSPS) is 26.5. The van der Waals surface area contributed by atoms with Gasteiger partial charge in [0.15, 0.2) is 0 Å². The molecule has 2 aliphatic rings. The van der Waals surface area contributed by atoms with Crippen LogP contribution in [-0.2, 0) is 9.53 Å². The van der Waals surface area contributed by atoms with Crippen LogP contribution < -0.4 is 5.32 Å². The molecule has 1 aromatic carbocycles. The van der Waals surface area contributed by atoms with Crippen LogP contribution in [0.3, 0.4) is 0 Å². The van der Waals surface area contributed by atoms with Gasteiger partial charge in [-0.3, -0.25) is 9.59 Å². The van der Waals surface area contributed by atoms with Gasteiger partial charge in [0.1, 0.15) is 0 Å². The molecule has 1 unspecified atom stereocenters. The fourth-order valence-electron chi connectivity index (χ4n) is 3.56. The summed E-state index contributed by atoms with van der Waals surface area (Å²) in [4.78, 5) is 26.8. The van der Waals surface area contributed by atoms with Crippen molar-refractivity contribution in [3.05, 3.63) is 35.9 Å². The van der Waals surface area contributed by atoms with Crippen molar-refractivity contribution in [2.45, 2.75) is 31.8 Å². The molecule has 0 aromatic heterocycles. The lowest BCUT2D eigenvalue weighted by atomic mass is 9.82. The first-order valence-electron chi connectivity index (χ1n) is 8.82. The summed E-state index contributed by atoms with van der Waals surface area (Å²) in [5.41, 5.74) is 0.693. The second-order valence-corrected chi connectivity index (χ2v) is 6.90. The van der Waals surface area contributed by atoms with Crippen LogP contribution in [0.4, 0.5) is 0 Å². The van der Waals surface area contributed by atoms with Crippen molar-refractivity contribution in [1.29, 1.82) is 0 Å². The quantitative estimate of drug-likeness (QED) is 0.899. The van der Waals surface area contributed by atoms with Gasteiger partial charge in [0.05, 0.1) is 12.0 Å². The average Bonchev–Trinajstić information content (AvgIpc) is 2.60. The van der Waals surface area contributed by atoms with Crippen LogP contribution in [0.15, 0.2) is 30.3 Å². The van der Waals surface area contributed by atoms with E-state index in [0.29, 0.717) is 24.1 Å². The van der Waals surface area contributed by atoms with Crippen LogP contribution in [0.2, 0.25) is 0 Å². The number of likely N-dealkylation sites (tertiary alicyclic amines) is 1. The predicted molar refractivity (Wildman–Crippen MR) is 91.6 cm³/mol. The number of rotatable bonds is 5. The number of amides is 2. The minimum Gasteiger partial charge on any atom is -0.381 e. The van der Waals surface area contributed by atoms with Crippen LogP contribution in [-0.4, -0.2) is 49.6 Å². The van der Waals surface area contributed by atoms with Crippen molar-refractivity contribution >= 4 is 11.8 Å². The zero-order chi connectivity index (χ0) is 16.9. The molecule has 5 nitrogen and oxygen atoms in total. The average molecular weight is 330 g/mol. The molecule has 0 radical (unpaired) electrons. The molecule has 1 N–H and O–H groups in total. The Bertz CT molecular complexity index is 569. The molecule has 1 aromatic rings. The lowest BCUT2D eigenvalue weighted by molar-refractivity contribution is -0.127. The molecule has 0 bridgehead atoms. The third-order valence-corrected chi connectivity index (χ3v) is 5.19. The first-order valence-corrected chi connectivity index (χ1v) is 8.82. The third-order valence-electron chi connectivity index (χ3n) is 5.19. The van der Waals surface area contributed by atoms with Crippen molar-refractivity contribution in [2.75, 3.05) is 26.7 Å².